The highest BCUT2D eigenvalue weighted by Gasteiger charge is 2.18. The smallest absolute Gasteiger partial charge is 0.278 e. The van der Waals surface area contributed by atoms with Crippen LogP contribution in [0.2, 0.25) is 0 Å². The molecule has 1 saturated heterocycles. The first-order valence-corrected chi connectivity index (χ1v) is 9.85. The van der Waals surface area contributed by atoms with Gasteiger partial charge in [0.05, 0.1) is 11.4 Å². The second-order valence-corrected chi connectivity index (χ2v) is 7.56. The molecule has 0 unspecified atom stereocenters. The Morgan fingerprint density at radius 2 is 1.52 bits per heavy atom. The molecule has 7 nitrogen and oxygen atoms in total. The van der Waals surface area contributed by atoms with Gasteiger partial charge in [0.25, 0.3) is 5.91 Å². The maximum Gasteiger partial charge on any atom is 0.278 e. The number of benzene rings is 2. The van der Waals surface area contributed by atoms with E-state index in [4.69, 9.17) is 0 Å². The summed E-state index contributed by atoms with van der Waals surface area (Å²) < 4.78 is 1.69. The minimum Gasteiger partial charge on any atom is -0.369 e. The van der Waals surface area contributed by atoms with Gasteiger partial charge in [-0.3, -0.25) is 4.79 Å². The summed E-state index contributed by atoms with van der Waals surface area (Å²) in [6, 6.07) is 15.9. The lowest BCUT2D eigenvalue weighted by Crippen LogP contribution is -2.44. The number of piperazine rings is 1. The van der Waals surface area contributed by atoms with Crippen molar-refractivity contribution in [2.45, 2.75) is 13.8 Å². The molecule has 1 N–H and O–H groups in total. The summed E-state index contributed by atoms with van der Waals surface area (Å²) in [7, 11) is 2.15. The molecule has 3 aromatic rings. The van der Waals surface area contributed by atoms with E-state index in [0.717, 1.165) is 37.6 Å². The minimum atomic E-state index is -0.256. The van der Waals surface area contributed by atoms with E-state index in [1.165, 1.54) is 11.3 Å². The van der Waals surface area contributed by atoms with Crippen molar-refractivity contribution in [3.63, 3.8) is 0 Å². The quantitative estimate of drug-likeness (QED) is 0.742. The summed E-state index contributed by atoms with van der Waals surface area (Å²) in [5.74, 6) is -0.256. The molecule has 1 aliphatic rings. The number of anilines is 2. The molecule has 1 aromatic heterocycles. The third kappa shape index (κ3) is 4.14. The van der Waals surface area contributed by atoms with Crippen LogP contribution < -0.4 is 10.2 Å². The molecule has 2 heterocycles. The standard InChI is InChI=1S/C22H26N6O/c1-16-4-8-20(9-5-16)28-17(2)21(24-25-28)22(29)23-18-6-10-19(11-7-18)27-14-12-26(3)13-15-27/h4-11H,12-15H2,1-3H3,(H,23,29). The first-order valence-electron chi connectivity index (χ1n) is 9.85. The van der Waals surface area contributed by atoms with Gasteiger partial charge < -0.3 is 15.1 Å². The molecule has 0 radical (unpaired) electrons. The van der Waals surface area contributed by atoms with Gasteiger partial charge in [-0.1, -0.05) is 22.9 Å². The molecule has 0 bridgehead atoms. The van der Waals surface area contributed by atoms with Crippen molar-refractivity contribution in [3.05, 3.63) is 65.5 Å². The van der Waals surface area contributed by atoms with Crippen LogP contribution in [0.4, 0.5) is 11.4 Å². The Labute approximate surface area is 170 Å². The maximum atomic E-state index is 12.7. The number of hydrogen-bond acceptors (Lipinski definition) is 5. The summed E-state index contributed by atoms with van der Waals surface area (Å²) in [5.41, 5.74) is 5.02. The number of aryl methyl sites for hydroxylation is 1. The van der Waals surface area contributed by atoms with Crippen LogP contribution in [0, 0.1) is 13.8 Å². The first kappa shape index (κ1) is 19.1. The zero-order chi connectivity index (χ0) is 20.4. The van der Waals surface area contributed by atoms with E-state index < -0.39 is 0 Å². The van der Waals surface area contributed by atoms with Crippen molar-refractivity contribution < 1.29 is 4.79 Å². The van der Waals surface area contributed by atoms with Crippen molar-refractivity contribution in [2.75, 3.05) is 43.4 Å². The van der Waals surface area contributed by atoms with Crippen LogP contribution in [0.25, 0.3) is 5.69 Å². The summed E-state index contributed by atoms with van der Waals surface area (Å²) >= 11 is 0. The average molecular weight is 390 g/mol. The van der Waals surface area contributed by atoms with Crippen molar-refractivity contribution in [1.29, 1.82) is 0 Å². The molecule has 1 fully saturated rings. The number of nitrogens with one attached hydrogen (secondary N) is 1. The topological polar surface area (TPSA) is 66.3 Å². The van der Waals surface area contributed by atoms with Crippen molar-refractivity contribution in [2.24, 2.45) is 0 Å². The molecule has 150 valence electrons. The number of aromatic nitrogens is 3. The molecule has 4 rings (SSSR count). The van der Waals surface area contributed by atoms with Crippen LogP contribution in [0.3, 0.4) is 0 Å². The molecular formula is C22H26N6O. The van der Waals surface area contributed by atoms with Gasteiger partial charge in [0.1, 0.15) is 0 Å². The molecule has 1 aliphatic heterocycles. The van der Waals surface area contributed by atoms with Gasteiger partial charge in [-0.25, -0.2) is 4.68 Å². The van der Waals surface area contributed by atoms with Gasteiger partial charge in [0.15, 0.2) is 5.69 Å². The van der Waals surface area contributed by atoms with E-state index in [2.05, 4.69) is 44.6 Å². The molecule has 29 heavy (non-hydrogen) atoms. The molecule has 7 heteroatoms. The van der Waals surface area contributed by atoms with Crippen LogP contribution in [0.5, 0.6) is 0 Å². The molecular weight excluding hydrogens is 364 g/mol. The number of carbonyl (C=O) groups excluding carboxylic acids is 1. The number of nitrogens with zero attached hydrogens (tertiary/aromatic N) is 5. The van der Waals surface area contributed by atoms with E-state index in [9.17, 15) is 4.79 Å². The van der Waals surface area contributed by atoms with Crippen LogP contribution in [-0.2, 0) is 0 Å². The third-order valence-electron chi connectivity index (χ3n) is 5.38. The lowest BCUT2D eigenvalue weighted by atomic mass is 10.2. The van der Waals surface area contributed by atoms with Crippen LogP contribution in [-0.4, -0.2) is 59.0 Å². The highest BCUT2D eigenvalue weighted by molar-refractivity contribution is 6.03. The lowest BCUT2D eigenvalue weighted by molar-refractivity contribution is 0.102. The van der Waals surface area contributed by atoms with Crippen molar-refractivity contribution in [1.82, 2.24) is 19.9 Å². The monoisotopic (exact) mass is 390 g/mol. The molecule has 2 aromatic carbocycles. The van der Waals surface area contributed by atoms with Gasteiger partial charge in [-0.15, -0.1) is 5.10 Å². The first-order chi connectivity index (χ1) is 14.0. The number of likely N-dealkylation sites (N-methyl/N-ethyl adjacent to an activating group) is 1. The summed E-state index contributed by atoms with van der Waals surface area (Å²) in [5, 5.41) is 11.2. The van der Waals surface area contributed by atoms with Crippen LogP contribution in [0.15, 0.2) is 48.5 Å². The second-order valence-electron chi connectivity index (χ2n) is 7.56. The van der Waals surface area contributed by atoms with Gasteiger partial charge in [0, 0.05) is 37.6 Å². The summed E-state index contributed by atoms with van der Waals surface area (Å²) in [6.07, 6.45) is 0. The van der Waals surface area contributed by atoms with Gasteiger partial charge in [-0.05, 0) is 57.3 Å². The highest BCUT2D eigenvalue weighted by Crippen LogP contribution is 2.20. The second kappa shape index (κ2) is 8.05. The predicted octanol–water partition coefficient (Wildman–Crippen LogP) is 2.89. The molecule has 0 saturated carbocycles. The predicted molar refractivity (Wildman–Crippen MR) is 115 cm³/mol. The molecule has 0 spiro atoms. The Morgan fingerprint density at radius 1 is 0.897 bits per heavy atom. The van der Waals surface area contributed by atoms with E-state index in [1.807, 2.05) is 50.2 Å². The minimum absolute atomic E-state index is 0.256. The largest absolute Gasteiger partial charge is 0.369 e. The summed E-state index contributed by atoms with van der Waals surface area (Å²) in [6.45, 7) is 8.05. The van der Waals surface area contributed by atoms with Crippen molar-refractivity contribution in [3.8, 4) is 5.69 Å². The number of carbonyl (C=O) groups is 1. The zero-order valence-electron chi connectivity index (χ0n) is 17.1. The van der Waals surface area contributed by atoms with Gasteiger partial charge in [0.2, 0.25) is 0 Å². The van der Waals surface area contributed by atoms with E-state index >= 15 is 0 Å². The number of amides is 1. The van der Waals surface area contributed by atoms with Crippen LogP contribution in [0.1, 0.15) is 21.7 Å². The third-order valence-corrected chi connectivity index (χ3v) is 5.38. The Kier molecular flexibility index (Phi) is 5.31. The van der Waals surface area contributed by atoms with E-state index in [1.54, 1.807) is 4.68 Å². The van der Waals surface area contributed by atoms with Crippen LogP contribution >= 0.6 is 0 Å². The van der Waals surface area contributed by atoms with E-state index in [0.29, 0.717) is 11.4 Å². The summed E-state index contributed by atoms with van der Waals surface area (Å²) in [4.78, 5) is 17.4. The fraction of sp³-hybridized carbons (Fsp3) is 0.318. The fourth-order valence-electron chi connectivity index (χ4n) is 3.48. The Morgan fingerprint density at radius 3 is 2.17 bits per heavy atom. The molecule has 0 atom stereocenters. The van der Waals surface area contributed by atoms with Crippen molar-refractivity contribution >= 4 is 17.3 Å². The fourth-order valence-corrected chi connectivity index (χ4v) is 3.48. The molecule has 1 amide bonds. The van der Waals surface area contributed by atoms with Gasteiger partial charge >= 0.3 is 0 Å². The normalized spacial score (nSPS) is 14.8. The van der Waals surface area contributed by atoms with Gasteiger partial charge in [-0.2, -0.15) is 0 Å². The Balaban J connectivity index is 1.45. The maximum absolute atomic E-state index is 12.7. The highest BCUT2D eigenvalue weighted by atomic mass is 16.2. The van der Waals surface area contributed by atoms with E-state index in [-0.39, 0.29) is 5.91 Å². The number of hydrogen-bond donors (Lipinski definition) is 1. The average Bonchev–Trinajstić information content (AvgIpc) is 3.11. The zero-order valence-corrected chi connectivity index (χ0v) is 17.1. The Bertz CT molecular complexity index is 985. The lowest BCUT2D eigenvalue weighted by Gasteiger charge is -2.34. The molecule has 0 aliphatic carbocycles. The number of rotatable bonds is 4. The Hall–Kier alpha value is -3.19. The SMILES string of the molecule is Cc1ccc(-n2nnc(C(=O)Nc3ccc(N4CCN(C)CC4)cc3)c2C)cc1.